The second kappa shape index (κ2) is 9.72. The predicted octanol–water partition coefficient (Wildman–Crippen LogP) is 3.12. The lowest BCUT2D eigenvalue weighted by molar-refractivity contribution is -0.120. The highest BCUT2D eigenvalue weighted by atomic mass is 19.1. The first-order valence-corrected chi connectivity index (χ1v) is 10.7. The van der Waals surface area contributed by atoms with Crippen LogP contribution in [0.3, 0.4) is 0 Å². The van der Waals surface area contributed by atoms with Crippen LogP contribution in [0.4, 0.5) is 8.78 Å². The summed E-state index contributed by atoms with van der Waals surface area (Å²) in [6.07, 6.45) is 3.73. The Kier molecular flexibility index (Phi) is 6.58. The van der Waals surface area contributed by atoms with Gasteiger partial charge in [0.1, 0.15) is 11.6 Å². The first-order chi connectivity index (χ1) is 15.5. The molecule has 0 aliphatic heterocycles. The number of aromatic nitrogens is 2. The maximum atomic E-state index is 13.3. The van der Waals surface area contributed by atoms with Crippen molar-refractivity contribution in [2.24, 2.45) is 0 Å². The second-order valence-corrected chi connectivity index (χ2v) is 7.78. The highest BCUT2D eigenvalue weighted by Gasteiger charge is 2.25. The number of benzene rings is 2. The molecular weight excluding hydrogens is 414 g/mol. The first-order valence-electron chi connectivity index (χ1n) is 10.7. The Morgan fingerprint density at radius 1 is 0.875 bits per heavy atom. The summed E-state index contributed by atoms with van der Waals surface area (Å²) in [6.45, 7) is 0.527. The third-order valence-electron chi connectivity index (χ3n) is 5.48. The molecule has 2 aromatic carbocycles. The van der Waals surface area contributed by atoms with Crippen LogP contribution in [-0.2, 0) is 24.1 Å². The van der Waals surface area contributed by atoms with E-state index in [1.807, 2.05) is 0 Å². The Morgan fingerprint density at radius 3 is 2.22 bits per heavy atom. The molecule has 0 bridgehead atoms. The normalized spacial score (nSPS) is 12.8. The smallest absolute Gasteiger partial charge is 0.272 e. The average Bonchev–Trinajstić information content (AvgIpc) is 3.18. The summed E-state index contributed by atoms with van der Waals surface area (Å²) in [5.41, 5.74) is 3.73. The molecule has 0 spiro atoms. The minimum Gasteiger partial charge on any atom is -0.354 e. The average molecular weight is 438 g/mol. The zero-order chi connectivity index (χ0) is 22.5. The number of nitrogens with one attached hydrogen (secondary N) is 2. The highest BCUT2D eigenvalue weighted by molar-refractivity contribution is 5.94. The van der Waals surface area contributed by atoms with Crippen LogP contribution in [0, 0.1) is 11.6 Å². The molecule has 4 rings (SSSR count). The predicted molar refractivity (Wildman–Crippen MR) is 116 cm³/mol. The van der Waals surface area contributed by atoms with Crippen molar-refractivity contribution in [2.75, 3.05) is 13.1 Å². The fraction of sp³-hybridized carbons (Fsp3) is 0.292. The summed E-state index contributed by atoms with van der Waals surface area (Å²) in [5, 5.41) is 10.1. The molecule has 0 radical (unpaired) electrons. The van der Waals surface area contributed by atoms with Crippen molar-refractivity contribution < 1.29 is 18.4 Å². The van der Waals surface area contributed by atoms with Crippen molar-refractivity contribution in [3.05, 3.63) is 82.7 Å². The van der Waals surface area contributed by atoms with Gasteiger partial charge in [-0.05, 0) is 67.6 Å². The number of nitrogens with zero attached hydrogens (tertiary/aromatic N) is 2. The molecule has 0 atom stereocenters. The van der Waals surface area contributed by atoms with Gasteiger partial charge in [-0.25, -0.2) is 13.5 Å². The van der Waals surface area contributed by atoms with E-state index in [0.29, 0.717) is 11.3 Å². The van der Waals surface area contributed by atoms with E-state index in [1.165, 1.54) is 24.3 Å². The van der Waals surface area contributed by atoms with Gasteiger partial charge in [-0.15, -0.1) is 0 Å². The van der Waals surface area contributed by atoms with Gasteiger partial charge in [0.2, 0.25) is 5.91 Å². The monoisotopic (exact) mass is 438 g/mol. The Labute approximate surface area is 184 Å². The van der Waals surface area contributed by atoms with Crippen LogP contribution in [-0.4, -0.2) is 34.7 Å². The zero-order valence-corrected chi connectivity index (χ0v) is 17.5. The molecule has 32 heavy (non-hydrogen) atoms. The van der Waals surface area contributed by atoms with Crippen LogP contribution in [0.2, 0.25) is 0 Å². The maximum absolute atomic E-state index is 13.3. The molecule has 8 heteroatoms. The largest absolute Gasteiger partial charge is 0.354 e. The molecule has 2 N–H and O–H groups in total. The molecule has 1 heterocycles. The molecule has 0 unspecified atom stereocenters. The summed E-state index contributed by atoms with van der Waals surface area (Å²) in [5.74, 6) is -1.17. The fourth-order valence-corrected chi connectivity index (χ4v) is 3.89. The summed E-state index contributed by atoms with van der Waals surface area (Å²) < 4.78 is 28.0. The van der Waals surface area contributed by atoms with Crippen molar-refractivity contribution in [1.82, 2.24) is 20.4 Å². The number of fused-ring (bicyclic) bond motifs is 1. The van der Waals surface area contributed by atoms with Crippen molar-refractivity contribution in [1.29, 1.82) is 0 Å². The molecule has 2 amide bonds. The molecule has 1 aliphatic rings. The van der Waals surface area contributed by atoms with Crippen molar-refractivity contribution in [3.63, 3.8) is 0 Å². The van der Waals surface area contributed by atoms with E-state index < -0.39 is 0 Å². The van der Waals surface area contributed by atoms with Crippen molar-refractivity contribution >= 4 is 11.8 Å². The van der Waals surface area contributed by atoms with Crippen LogP contribution in [0.1, 0.15) is 40.2 Å². The van der Waals surface area contributed by atoms with Gasteiger partial charge >= 0.3 is 0 Å². The summed E-state index contributed by atoms with van der Waals surface area (Å²) >= 11 is 0. The van der Waals surface area contributed by atoms with Gasteiger partial charge in [-0.2, -0.15) is 5.10 Å². The van der Waals surface area contributed by atoms with Crippen molar-refractivity contribution in [2.45, 2.75) is 32.1 Å². The Hall–Kier alpha value is -3.55. The lowest BCUT2D eigenvalue weighted by Gasteiger charge is -2.14. The van der Waals surface area contributed by atoms with E-state index in [9.17, 15) is 18.4 Å². The molecule has 6 nitrogen and oxygen atoms in total. The molecule has 166 valence electrons. The van der Waals surface area contributed by atoms with E-state index in [1.54, 1.807) is 28.9 Å². The van der Waals surface area contributed by atoms with Crippen LogP contribution in [0.25, 0.3) is 5.69 Å². The number of halogens is 2. The van der Waals surface area contributed by atoms with Gasteiger partial charge in [0, 0.05) is 24.3 Å². The van der Waals surface area contributed by atoms with Gasteiger partial charge < -0.3 is 10.6 Å². The summed E-state index contributed by atoms with van der Waals surface area (Å²) in [4.78, 5) is 24.8. The molecule has 0 saturated heterocycles. The number of rotatable bonds is 7. The standard InChI is InChI=1S/C24H24F2N4O2/c25-17-7-5-16(6-8-17)15-22(31)27-13-14-28-24(32)23-20-3-1-2-4-21(20)30(29-23)19-11-9-18(26)10-12-19/h5-12H,1-4,13-15H2,(H,27,31)(H,28,32). The van der Waals surface area contributed by atoms with Gasteiger partial charge in [0.15, 0.2) is 5.69 Å². The summed E-state index contributed by atoms with van der Waals surface area (Å²) in [6, 6.07) is 11.8. The number of carbonyl (C=O) groups excluding carboxylic acids is 2. The number of hydrogen-bond acceptors (Lipinski definition) is 3. The SMILES string of the molecule is O=C(Cc1ccc(F)cc1)NCCNC(=O)c1nn(-c2ccc(F)cc2)c2c1CCCC2. The third kappa shape index (κ3) is 5.01. The second-order valence-electron chi connectivity index (χ2n) is 7.78. The molecule has 0 fully saturated rings. The van der Waals surface area contributed by atoms with Crippen LogP contribution in [0.5, 0.6) is 0 Å². The minimum absolute atomic E-state index is 0.143. The first kappa shape index (κ1) is 21.7. The Morgan fingerprint density at radius 2 is 1.50 bits per heavy atom. The van der Waals surface area contributed by atoms with Crippen LogP contribution < -0.4 is 10.6 Å². The van der Waals surface area contributed by atoms with E-state index >= 15 is 0 Å². The van der Waals surface area contributed by atoms with Crippen molar-refractivity contribution in [3.8, 4) is 5.69 Å². The number of carbonyl (C=O) groups is 2. The van der Waals surface area contributed by atoms with E-state index in [0.717, 1.165) is 42.6 Å². The highest BCUT2D eigenvalue weighted by Crippen LogP contribution is 2.27. The molecular formula is C24H24F2N4O2. The quantitative estimate of drug-likeness (QED) is 0.557. The fourth-order valence-electron chi connectivity index (χ4n) is 3.89. The molecule has 3 aromatic rings. The minimum atomic E-state index is -0.346. The lowest BCUT2D eigenvalue weighted by Crippen LogP contribution is -2.35. The van der Waals surface area contributed by atoms with Gasteiger partial charge in [0.25, 0.3) is 5.91 Å². The molecule has 0 saturated carbocycles. The maximum Gasteiger partial charge on any atom is 0.272 e. The molecule has 1 aliphatic carbocycles. The Balaban J connectivity index is 1.35. The summed E-state index contributed by atoms with van der Waals surface area (Å²) in [7, 11) is 0. The third-order valence-corrected chi connectivity index (χ3v) is 5.48. The Bertz CT molecular complexity index is 1110. The number of hydrogen-bond donors (Lipinski definition) is 2. The van der Waals surface area contributed by atoms with Gasteiger partial charge in [-0.1, -0.05) is 12.1 Å². The van der Waals surface area contributed by atoms with Gasteiger partial charge in [0.05, 0.1) is 12.1 Å². The van der Waals surface area contributed by atoms with E-state index in [-0.39, 0.29) is 43.0 Å². The number of amides is 2. The lowest BCUT2D eigenvalue weighted by atomic mass is 9.95. The van der Waals surface area contributed by atoms with Crippen LogP contribution >= 0.6 is 0 Å². The van der Waals surface area contributed by atoms with Gasteiger partial charge in [-0.3, -0.25) is 9.59 Å². The zero-order valence-electron chi connectivity index (χ0n) is 17.5. The van der Waals surface area contributed by atoms with E-state index in [2.05, 4.69) is 15.7 Å². The van der Waals surface area contributed by atoms with Crippen LogP contribution in [0.15, 0.2) is 48.5 Å². The molecule has 1 aromatic heterocycles. The van der Waals surface area contributed by atoms with E-state index in [4.69, 9.17) is 0 Å². The topological polar surface area (TPSA) is 76.0 Å².